The van der Waals surface area contributed by atoms with Gasteiger partial charge in [0.2, 0.25) is 0 Å². The molecule has 0 radical (unpaired) electrons. The second-order valence-corrected chi connectivity index (χ2v) is 8.97. The standard InChI is InChI=1S/C24H36BN5O3/c1-18(2)24(31)26-21-11-9-19(10-12-21)23-20(16-28(4)13-14-29(5)25(3)32)17-30(27-23)22-8-6-7-15-33-22/h9-12,17,22,32H,1,6-8,13-16H2,2-5H3,(H,26,31). The van der Waals surface area contributed by atoms with Gasteiger partial charge in [-0.2, -0.15) is 5.10 Å². The van der Waals surface area contributed by atoms with E-state index in [1.807, 2.05) is 40.8 Å². The fourth-order valence-electron chi connectivity index (χ4n) is 3.70. The lowest BCUT2D eigenvalue weighted by Gasteiger charge is -2.23. The Bertz CT molecular complexity index is 938. The Morgan fingerprint density at radius 3 is 2.64 bits per heavy atom. The van der Waals surface area contributed by atoms with Crippen LogP contribution in [0.1, 0.15) is 38.0 Å². The molecular formula is C24H36BN5O3. The van der Waals surface area contributed by atoms with Gasteiger partial charge in [0.25, 0.3) is 5.91 Å². The van der Waals surface area contributed by atoms with Gasteiger partial charge in [0, 0.05) is 54.8 Å². The Hall–Kier alpha value is -2.46. The van der Waals surface area contributed by atoms with Crippen LogP contribution in [-0.2, 0) is 16.1 Å². The van der Waals surface area contributed by atoms with Crippen LogP contribution in [0.3, 0.4) is 0 Å². The third kappa shape index (κ3) is 7.01. The molecule has 3 rings (SSSR count). The van der Waals surface area contributed by atoms with Gasteiger partial charge in [-0.15, -0.1) is 0 Å². The quantitative estimate of drug-likeness (QED) is 0.425. The first-order chi connectivity index (χ1) is 15.7. The predicted molar refractivity (Wildman–Crippen MR) is 133 cm³/mol. The molecule has 1 aromatic carbocycles. The number of anilines is 1. The number of carbonyl (C=O) groups is 1. The number of rotatable bonds is 10. The molecule has 1 aliphatic heterocycles. The highest BCUT2D eigenvalue weighted by Gasteiger charge is 2.21. The molecule has 0 saturated carbocycles. The lowest BCUT2D eigenvalue weighted by atomic mass is 9.86. The minimum absolute atomic E-state index is 0.0351. The van der Waals surface area contributed by atoms with Crippen molar-refractivity contribution < 1.29 is 14.6 Å². The normalized spacial score (nSPS) is 16.3. The van der Waals surface area contributed by atoms with E-state index in [-0.39, 0.29) is 12.1 Å². The van der Waals surface area contributed by atoms with Gasteiger partial charge >= 0.3 is 7.05 Å². The molecule has 2 aromatic rings. The minimum atomic E-state index is -0.468. The molecule has 1 atom stereocenters. The van der Waals surface area contributed by atoms with E-state index in [4.69, 9.17) is 9.84 Å². The van der Waals surface area contributed by atoms with Crippen molar-refractivity contribution in [3.63, 3.8) is 0 Å². The Balaban J connectivity index is 1.80. The Kier molecular flexibility index (Phi) is 8.85. The number of aromatic nitrogens is 2. The molecule has 1 amide bonds. The van der Waals surface area contributed by atoms with Crippen LogP contribution in [0.5, 0.6) is 0 Å². The van der Waals surface area contributed by atoms with E-state index in [0.717, 1.165) is 68.0 Å². The summed E-state index contributed by atoms with van der Waals surface area (Å²) in [5.41, 5.74) is 4.21. The summed E-state index contributed by atoms with van der Waals surface area (Å²) < 4.78 is 7.92. The van der Waals surface area contributed by atoms with Gasteiger partial charge in [0.05, 0.1) is 5.69 Å². The number of likely N-dealkylation sites (N-methyl/N-ethyl adjacent to an activating group) is 2. The Morgan fingerprint density at radius 2 is 2.03 bits per heavy atom. The van der Waals surface area contributed by atoms with Crippen LogP contribution in [0, 0.1) is 0 Å². The van der Waals surface area contributed by atoms with Crippen molar-refractivity contribution in [2.24, 2.45) is 0 Å². The Morgan fingerprint density at radius 1 is 1.30 bits per heavy atom. The molecule has 1 aliphatic rings. The van der Waals surface area contributed by atoms with Crippen molar-refractivity contribution in [3.8, 4) is 11.3 Å². The van der Waals surface area contributed by atoms with E-state index < -0.39 is 7.05 Å². The number of nitrogens with one attached hydrogen (secondary N) is 1. The molecule has 2 heterocycles. The highest BCUT2D eigenvalue weighted by atomic mass is 16.5. The van der Waals surface area contributed by atoms with Gasteiger partial charge < -0.3 is 24.8 Å². The molecule has 0 bridgehead atoms. The molecule has 0 spiro atoms. The molecule has 8 nitrogen and oxygen atoms in total. The summed E-state index contributed by atoms with van der Waals surface area (Å²) in [6, 6.07) is 7.73. The number of benzene rings is 1. The maximum atomic E-state index is 11.9. The lowest BCUT2D eigenvalue weighted by molar-refractivity contribution is -0.112. The second kappa shape index (κ2) is 11.6. The number of amides is 1. The molecule has 178 valence electrons. The lowest BCUT2D eigenvalue weighted by Crippen LogP contribution is -2.38. The highest BCUT2D eigenvalue weighted by molar-refractivity contribution is 6.45. The van der Waals surface area contributed by atoms with Crippen molar-refractivity contribution in [2.75, 3.05) is 39.1 Å². The summed E-state index contributed by atoms with van der Waals surface area (Å²) in [4.78, 5) is 16.0. The monoisotopic (exact) mass is 453 g/mol. The third-order valence-electron chi connectivity index (χ3n) is 5.97. The highest BCUT2D eigenvalue weighted by Crippen LogP contribution is 2.29. The summed E-state index contributed by atoms with van der Waals surface area (Å²) in [6.07, 6.45) is 5.25. The van der Waals surface area contributed by atoms with Crippen molar-refractivity contribution in [2.45, 2.75) is 45.8 Å². The van der Waals surface area contributed by atoms with Gasteiger partial charge in [-0.25, -0.2) is 4.68 Å². The van der Waals surface area contributed by atoms with Gasteiger partial charge in [-0.3, -0.25) is 4.79 Å². The van der Waals surface area contributed by atoms with E-state index >= 15 is 0 Å². The van der Waals surface area contributed by atoms with Gasteiger partial charge in [0.1, 0.15) is 6.23 Å². The van der Waals surface area contributed by atoms with Crippen LogP contribution < -0.4 is 5.32 Å². The smallest absolute Gasteiger partial charge is 0.376 e. The minimum Gasteiger partial charge on any atom is -0.437 e. The topological polar surface area (TPSA) is 82.9 Å². The number of carbonyl (C=O) groups excluding carboxylic acids is 1. The third-order valence-corrected chi connectivity index (χ3v) is 5.97. The first-order valence-corrected chi connectivity index (χ1v) is 11.6. The molecule has 1 saturated heterocycles. The van der Waals surface area contributed by atoms with Crippen LogP contribution in [0.2, 0.25) is 6.82 Å². The zero-order chi connectivity index (χ0) is 24.0. The van der Waals surface area contributed by atoms with Crippen molar-refractivity contribution in [3.05, 3.63) is 48.2 Å². The summed E-state index contributed by atoms with van der Waals surface area (Å²) in [5.74, 6) is -0.189. The maximum Gasteiger partial charge on any atom is 0.376 e. The number of hydrogen-bond donors (Lipinski definition) is 2. The van der Waals surface area contributed by atoms with Crippen molar-refractivity contribution in [1.29, 1.82) is 0 Å². The molecular weight excluding hydrogens is 417 g/mol. The SMILES string of the molecule is C=C(C)C(=O)Nc1ccc(-c2nn(C3CCCCO3)cc2CN(C)CCN(C)B(C)O)cc1. The first-order valence-electron chi connectivity index (χ1n) is 11.6. The van der Waals surface area contributed by atoms with Gasteiger partial charge in [0.15, 0.2) is 0 Å². The van der Waals surface area contributed by atoms with Gasteiger partial charge in [-0.05, 0) is 59.2 Å². The average Bonchev–Trinajstić information content (AvgIpc) is 3.22. The molecule has 1 unspecified atom stereocenters. The largest absolute Gasteiger partial charge is 0.437 e. The molecule has 1 aromatic heterocycles. The fraction of sp³-hybridized carbons (Fsp3) is 0.500. The predicted octanol–water partition coefficient (Wildman–Crippen LogP) is 3.24. The number of ether oxygens (including phenoxy) is 1. The average molecular weight is 453 g/mol. The van der Waals surface area contributed by atoms with E-state index in [9.17, 15) is 9.82 Å². The number of hydrogen-bond acceptors (Lipinski definition) is 6. The summed E-state index contributed by atoms with van der Waals surface area (Å²) in [6.45, 7) is 10.2. The first kappa shape index (κ1) is 25.2. The molecule has 33 heavy (non-hydrogen) atoms. The fourth-order valence-corrected chi connectivity index (χ4v) is 3.70. The summed E-state index contributed by atoms with van der Waals surface area (Å²) >= 11 is 0. The molecule has 0 aliphatic carbocycles. The van der Waals surface area contributed by atoms with Crippen molar-refractivity contribution in [1.82, 2.24) is 19.5 Å². The van der Waals surface area contributed by atoms with E-state index in [1.165, 1.54) is 0 Å². The van der Waals surface area contributed by atoms with Gasteiger partial charge in [-0.1, -0.05) is 18.7 Å². The molecule has 1 fully saturated rings. The van der Waals surface area contributed by atoms with Crippen LogP contribution in [0.15, 0.2) is 42.6 Å². The van der Waals surface area contributed by atoms with Crippen LogP contribution in [0.25, 0.3) is 11.3 Å². The summed E-state index contributed by atoms with van der Waals surface area (Å²) in [5, 5.41) is 17.5. The van der Waals surface area contributed by atoms with E-state index in [2.05, 4.69) is 30.0 Å². The van der Waals surface area contributed by atoms with Crippen LogP contribution >= 0.6 is 0 Å². The maximum absolute atomic E-state index is 11.9. The molecule has 2 N–H and O–H groups in total. The van der Waals surface area contributed by atoms with Crippen LogP contribution in [0.4, 0.5) is 5.69 Å². The summed E-state index contributed by atoms with van der Waals surface area (Å²) in [7, 11) is 3.52. The molecule has 9 heteroatoms. The Labute approximate surface area is 197 Å². The van der Waals surface area contributed by atoms with E-state index in [1.54, 1.807) is 13.7 Å². The van der Waals surface area contributed by atoms with Crippen LogP contribution in [-0.4, -0.2) is 71.3 Å². The van der Waals surface area contributed by atoms with E-state index in [0.29, 0.717) is 5.57 Å². The number of nitrogens with zero attached hydrogens (tertiary/aromatic N) is 4. The van der Waals surface area contributed by atoms with Crippen molar-refractivity contribution >= 4 is 18.6 Å². The second-order valence-electron chi connectivity index (χ2n) is 8.97. The zero-order valence-corrected chi connectivity index (χ0v) is 20.3. The zero-order valence-electron chi connectivity index (χ0n) is 20.3.